The molecule has 0 atom stereocenters. The number of rotatable bonds is 2. The van der Waals surface area contributed by atoms with Crippen LogP contribution in [0, 0.1) is 0 Å². The molecule has 0 unspecified atom stereocenters. The summed E-state index contributed by atoms with van der Waals surface area (Å²) in [4.78, 5) is 24.0. The van der Waals surface area contributed by atoms with Crippen LogP contribution in [-0.4, -0.2) is 17.0 Å². The summed E-state index contributed by atoms with van der Waals surface area (Å²) in [7, 11) is 0. The molecule has 0 aliphatic carbocycles. The first-order chi connectivity index (χ1) is 8.74. The molecule has 0 N–H and O–H groups in total. The normalized spacial score (nSPS) is 13.7. The first-order valence-electron chi connectivity index (χ1n) is 6.05. The van der Waals surface area contributed by atoms with Crippen LogP contribution in [0.1, 0.15) is 23.7 Å². The van der Waals surface area contributed by atoms with Gasteiger partial charge in [0.25, 0.3) is 0 Å². The molecule has 0 spiro atoms. The number of carbonyl (C=O) groups is 1. The van der Waals surface area contributed by atoms with Crippen LogP contribution >= 0.6 is 0 Å². The Morgan fingerprint density at radius 1 is 1.28 bits per heavy atom. The zero-order valence-corrected chi connectivity index (χ0v) is 10.1. The zero-order valence-electron chi connectivity index (χ0n) is 10.1. The Hall–Kier alpha value is -2.10. The van der Waals surface area contributed by atoms with Crippen LogP contribution in [0.15, 0.2) is 29.1 Å². The van der Waals surface area contributed by atoms with Crippen LogP contribution < -0.4 is 10.2 Å². The monoisotopic (exact) mass is 243 g/mol. The van der Waals surface area contributed by atoms with Crippen molar-refractivity contribution in [1.29, 1.82) is 0 Å². The maximum atomic E-state index is 12.3. The Kier molecular flexibility index (Phi) is 2.44. The molecule has 0 saturated heterocycles. The molecule has 18 heavy (non-hydrogen) atoms. The molecular weight excluding hydrogens is 230 g/mol. The lowest BCUT2D eigenvalue weighted by Crippen LogP contribution is -2.16. The number of fused-ring (bicyclic) bond motifs is 2. The van der Waals surface area contributed by atoms with Gasteiger partial charge in [0.05, 0.1) is 5.52 Å². The van der Waals surface area contributed by atoms with E-state index in [2.05, 4.69) is 6.92 Å². The molecular formula is C14H13NO3. The summed E-state index contributed by atoms with van der Waals surface area (Å²) < 4.78 is 7.32. The van der Waals surface area contributed by atoms with Crippen LogP contribution in [0.2, 0.25) is 0 Å². The summed E-state index contributed by atoms with van der Waals surface area (Å²) in [6.45, 7) is 2.76. The van der Waals surface area contributed by atoms with Crippen molar-refractivity contribution in [2.75, 3.05) is 6.61 Å². The van der Waals surface area contributed by atoms with Gasteiger partial charge in [0, 0.05) is 11.9 Å². The second kappa shape index (κ2) is 3.98. The second-order valence-electron chi connectivity index (χ2n) is 4.39. The van der Waals surface area contributed by atoms with Crippen LogP contribution in [0.4, 0.5) is 0 Å². The SMILES string of the molecule is CCCn1c2c(c(=O)c3ccccc31)C(=O)CO2. The maximum Gasteiger partial charge on any atom is 0.209 e. The molecule has 2 aromatic rings. The first kappa shape index (κ1) is 11.0. The van der Waals surface area contributed by atoms with Crippen molar-refractivity contribution in [1.82, 2.24) is 4.57 Å². The fourth-order valence-corrected chi connectivity index (χ4v) is 2.42. The van der Waals surface area contributed by atoms with Crippen LogP contribution in [0.5, 0.6) is 5.88 Å². The molecule has 0 saturated carbocycles. The molecule has 0 radical (unpaired) electrons. The number of carbonyl (C=O) groups excluding carboxylic acids is 1. The number of nitrogens with zero attached hydrogens (tertiary/aromatic N) is 1. The van der Waals surface area contributed by atoms with Gasteiger partial charge in [0.1, 0.15) is 5.56 Å². The molecule has 1 aliphatic heterocycles. The topological polar surface area (TPSA) is 48.3 Å². The minimum Gasteiger partial charge on any atom is -0.470 e. The van der Waals surface area contributed by atoms with E-state index in [1.807, 2.05) is 22.8 Å². The zero-order chi connectivity index (χ0) is 12.7. The molecule has 0 bridgehead atoms. The van der Waals surface area contributed by atoms with Crippen molar-refractivity contribution in [2.45, 2.75) is 19.9 Å². The summed E-state index contributed by atoms with van der Waals surface area (Å²) >= 11 is 0. The van der Waals surface area contributed by atoms with E-state index in [0.717, 1.165) is 18.5 Å². The van der Waals surface area contributed by atoms with E-state index in [1.54, 1.807) is 6.07 Å². The quantitative estimate of drug-likeness (QED) is 0.810. The fraction of sp³-hybridized carbons (Fsp3) is 0.286. The second-order valence-corrected chi connectivity index (χ2v) is 4.39. The highest BCUT2D eigenvalue weighted by atomic mass is 16.5. The van der Waals surface area contributed by atoms with Crippen molar-refractivity contribution in [2.24, 2.45) is 0 Å². The van der Waals surface area contributed by atoms with Crippen LogP contribution in [-0.2, 0) is 6.54 Å². The predicted octanol–water partition coefficient (Wildman–Crippen LogP) is 1.99. The molecule has 1 aromatic carbocycles. The summed E-state index contributed by atoms with van der Waals surface area (Å²) in [6.07, 6.45) is 0.914. The molecule has 0 fully saturated rings. The van der Waals surface area contributed by atoms with E-state index < -0.39 is 0 Å². The van der Waals surface area contributed by atoms with Crippen molar-refractivity contribution in [3.63, 3.8) is 0 Å². The average Bonchev–Trinajstić information content (AvgIpc) is 2.77. The van der Waals surface area contributed by atoms with Gasteiger partial charge in [-0.25, -0.2) is 0 Å². The first-order valence-corrected chi connectivity index (χ1v) is 6.05. The van der Waals surface area contributed by atoms with Gasteiger partial charge in [0.2, 0.25) is 17.1 Å². The molecule has 92 valence electrons. The molecule has 0 amide bonds. The van der Waals surface area contributed by atoms with E-state index in [1.165, 1.54) is 0 Å². The summed E-state index contributed by atoms with van der Waals surface area (Å²) in [5.41, 5.74) is 0.829. The van der Waals surface area contributed by atoms with E-state index in [9.17, 15) is 9.59 Å². The number of aryl methyl sites for hydroxylation is 1. The van der Waals surface area contributed by atoms with Crippen LogP contribution in [0.25, 0.3) is 10.9 Å². The number of ketones is 1. The number of hydrogen-bond acceptors (Lipinski definition) is 3. The Balaban J connectivity index is 2.47. The van der Waals surface area contributed by atoms with E-state index in [4.69, 9.17) is 4.74 Å². The molecule has 4 nitrogen and oxygen atoms in total. The maximum absolute atomic E-state index is 12.3. The van der Waals surface area contributed by atoms with Gasteiger partial charge in [-0.15, -0.1) is 0 Å². The van der Waals surface area contributed by atoms with E-state index in [0.29, 0.717) is 11.3 Å². The number of benzene rings is 1. The Morgan fingerprint density at radius 3 is 2.83 bits per heavy atom. The number of aromatic nitrogens is 1. The Morgan fingerprint density at radius 2 is 2.06 bits per heavy atom. The lowest BCUT2D eigenvalue weighted by atomic mass is 10.1. The Labute approximate surface area is 104 Å². The lowest BCUT2D eigenvalue weighted by Gasteiger charge is -2.14. The van der Waals surface area contributed by atoms with Gasteiger partial charge >= 0.3 is 0 Å². The molecule has 1 aliphatic rings. The average molecular weight is 243 g/mol. The number of ether oxygens (including phenoxy) is 1. The highest BCUT2D eigenvalue weighted by Gasteiger charge is 2.29. The van der Waals surface area contributed by atoms with E-state index in [-0.39, 0.29) is 23.4 Å². The molecule has 4 heteroatoms. The van der Waals surface area contributed by atoms with Gasteiger partial charge in [-0.2, -0.15) is 0 Å². The van der Waals surface area contributed by atoms with Crippen molar-refractivity contribution >= 4 is 16.7 Å². The van der Waals surface area contributed by atoms with E-state index >= 15 is 0 Å². The highest BCUT2D eigenvalue weighted by molar-refractivity contribution is 6.04. The van der Waals surface area contributed by atoms with Gasteiger partial charge in [-0.05, 0) is 18.6 Å². The van der Waals surface area contributed by atoms with Gasteiger partial charge in [-0.1, -0.05) is 19.1 Å². The number of pyridine rings is 1. The van der Waals surface area contributed by atoms with Crippen molar-refractivity contribution in [3.8, 4) is 5.88 Å². The number of hydrogen-bond donors (Lipinski definition) is 0. The third-order valence-electron chi connectivity index (χ3n) is 3.19. The minimum atomic E-state index is -0.217. The van der Waals surface area contributed by atoms with Crippen LogP contribution in [0.3, 0.4) is 0 Å². The van der Waals surface area contributed by atoms with Gasteiger partial charge in [0.15, 0.2) is 6.61 Å². The molecule has 2 heterocycles. The lowest BCUT2D eigenvalue weighted by molar-refractivity contribution is 0.0959. The summed E-state index contributed by atoms with van der Waals surface area (Å²) in [5.74, 6) is 0.219. The van der Waals surface area contributed by atoms with Gasteiger partial charge in [-0.3, -0.25) is 9.59 Å². The molecule has 1 aromatic heterocycles. The minimum absolute atomic E-state index is 0.0232. The summed E-state index contributed by atoms with van der Waals surface area (Å²) in [5, 5.41) is 0.587. The van der Waals surface area contributed by atoms with Crippen molar-refractivity contribution < 1.29 is 9.53 Å². The smallest absolute Gasteiger partial charge is 0.209 e. The summed E-state index contributed by atoms with van der Waals surface area (Å²) in [6, 6.07) is 7.35. The van der Waals surface area contributed by atoms with Crippen molar-refractivity contribution in [3.05, 3.63) is 40.1 Å². The fourth-order valence-electron chi connectivity index (χ4n) is 2.42. The Bertz CT molecular complexity index is 700. The third-order valence-corrected chi connectivity index (χ3v) is 3.19. The third kappa shape index (κ3) is 1.38. The number of para-hydroxylation sites is 1. The predicted molar refractivity (Wildman–Crippen MR) is 68.3 cm³/mol. The van der Waals surface area contributed by atoms with Gasteiger partial charge < -0.3 is 9.30 Å². The standard InChI is InChI=1S/C14H13NO3/c1-2-7-15-10-6-4-3-5-9(10)13(17)12-11(16)8-18-14(12)15/h3-6H,2,7-8H2,1H3. The largest absolute Gasteiger partial charge is 0.470 e. The highest BCUT2D eigenvalue weighted by Crippen LogP contribution is 2.27. The number of Topliss-reactive ketones (excluding diaryl/α,β-unsaturated/α-hetero) is 1. The molecule has 3 rings (SSSR count).